The van der Waals surface area contributed by atoms with Crippen LogP contribution in [0.3, 0.4) is 0 Å². The highest BCUT2D eigenvalue weighted by atomic mass is 35.5. The van der Waals surface area contributed by atoms with Crippen molar-refractivity contribution in [2.24, 2.45) is 0 Å². The third-order valence-electron chi connectivity index (χ3n) is 5.37. The Hall–Kier alpha value is -1.04. The van der Waals surface area contributed by atoms with Crippen molar-refractivity contribution in [3.63, 3.8) is 0 Å². The first-order chi connectivity index (χ1) is 13.6. The molecule has 2 aromatic heterocycles. The molecule has 2 saturated heterocycles. The Balaban J connectivity index is 1.56. The second-order valence-corrected chi connectivity index (χ2v) is 11.6. The van der Waals surface area contributed by atoms with E-state index in [2.05, 4.69) is 25.8 Å². The summed E-state index contributed by atoms with van der Waals surface area (Å²) >= 11 is 7.88. The predicted octanol–water partition coefficient (Wildman–Crippen LogP) is 2.04. The SMILES string of the molecule is CC1(C)CN(Cc2cc3nc(Cl)nc(N4CCOCC4)c3s2)CCN1S(C)(=O)=O. The lowest BCUT2D eigenvalue weighted by Gasteiger charge is -2.45. The molecule has 0 radical (unpaired) electrons. The Kier molecular flexibility index (Phi) is 5.77. The maximum absolute atomic E-state index is 12.1. The van der Waals surface area contributed by atoms with E-state index in [0.29, 0.717) is 32.8 Å². The number of nitrogens with zero attached hydrogens (tertiary/aromatic N) is 5. The van der Waals surface area contributed by atoms with Crippen molar-refractivity contribution in [1.82, 2.24) is 19.2 Å². The maximum atomic E-state index is 12.1. The number of morpholine rings is 1. The van der Waals surface area contributed by atoms with Gasteiger partial charge in [-0.05, 0) is 31.5 Å². The smallest absolute Gasteiger partial charge is 0.224 e. The largest absolute Gasteiger partial charge is 0.378 e. The van der Waals surface area contributed by atoms with Crippen LogP contribution in [0.15, 0.2) is 6.07 Å². The molecule has 2 aliphatic heterocycles. The summed E-state index contributed by atoms with van der Waals surface area (Å²) in [5.74, 6) is 0.877. The number of sulfonamides is 1. The van der Waals surface area contributed by atoms with Gasteiger partial charge >= 0.3 is 0 Å². The van der Waals surface area contributed by atoms with E-state index < -0.39 is 15.6 Å². The fourth-order valence-electron chi connectivity index (χ4n) is 4.21. The number of halogens is 1. The lowest BCUT2D eigenvalue weighted by Crippen LogP contribution is -2.60. The molecule has 11 heteroatoms. The van der Waals surface area contributed by atoms with E-state index in [-0.39, 0.29) is 5.28 Å². The Bertz CT molecular complexity index is 1000. The fourth-order valence-corrected chi connectivity index (χ4v) is 6.91. The summed E-state index contributed by atoms with van der Waals surface area (Å²) in [6, 6.07) is 2.08. The molecule has 0 spiro atoms. The predicted molar refractivity (Wildman–Crippen MR) is 116 cm³/mol. The topological polar surface area (TPSA) is 78.9 Å². The molecule has 2 fully saturated rings. The highest BCUT2D eigenvalue weighted by Crippen LogP contribution is 2.34. The molecule has 4 heterocycles. The summed E-state index contributed by atoms with van der Waals surface area (Å²) in [6.45, 7) is 9.53. The number of anilines is 1. The first-order valence-electron chi connectivity index (χ1n) is 9.62. The number of piperazine rings is 1. The van der Waals surface area contributed by atoms with Gasteiger partial charge in [0.2, 0.25) is 15.3 Å². The quantitative estimate of drug-likeness (QED) is 0.647. The minimum absolute atomic E-state index is 0.256. The van der Waals surface area contributed by atoms with Crippen molar-refractivity contribution in [3.05, 3.63) is 16.2 Å². The van der Waals surface area contributed by atoms with Gasteiger partial charge < -0.3 is 9.64 Å². The van der Waals surface area contributed by atoms with Crippen LogP contribution in [0, 0.1) is 0 Å². The van der Waals surface area contributed by atoms with Gasteiger partial charge in [-0.15, -0.1) is 11.3 Å². The number of ether oxygens (including phenoxy) is 1. The van der Waals surface area contributed by atoms with Crippen LogP contribution in [0.2, 0.25) is 5.28 Å². The molecule has 0 aliphatic carbocycles. The normalized spacial score (nSPS) is 21.7. The third kappa shape index (κ3) is 4.52. The van der Waals surface area contributed by atoms with Crippen LogP contribution in [0.1, 0.15) is 18.7 Å². The average molecular weight is 460 g/mol. The Morgan fingerprint density at radius 2 is 1.93 bits per heavy atom. The first-order valence-corrected chi connectivity index (χ1v) is 12.7. The summed E-state index contributed by atoms with van der Waals surface area (Å²) in [4.78, 5) is 14.6. The van der Waals surface area contributed by atoms with E-state index in [1.165, 1.54) is 11.1 Å². The number of hydrogen-bond donors (Lipinski definition) is 0. The third-order valence-corrected chi connectivity index (χ3v) is 8.12. The second kappa shape index (κ2) is 7.90. The molecule has 0 saturated carbocycles. The molecule has 4 rings (SSSR count). The number of thiophene rings is 1. The monoisotopic (exact) mass is 459 g/mol. The zero-order chi connectivity index (χ0) is 20.8. The lowest BCUT2D eigenvalue weighted by atomic mass is 10.0. The van der Waals surface area contributed by atoms with E-state index >= 15 is 0 Å². The van der Waals surface area contributed by atoms with Crippen LogP contribution in [0.4, 0.5) is 5.82 Å². The number of rotatable bonds is 4. The standard InChI is InChI=1S/C18H26ClN5O3S2/c1-18(2)12-22(4-5-24(18)29(3,25)26)11-13-10-14-15(28-13)16(21-17(19)20-14)23-6-8-27-9-7-23/h10H,4-9,11-12H2,1-3H3. The number of fused-ring (bicyclic) bond motifs is 1. The van der Waals surface area contributed by atoms with Crippen LogP contribution in [0.25, 0.3) is 10.2 Å². The van der Waals surface area contributed by atoms with Crippen molar-refractivity contribution < 1.29 is 13.2 Å². The average Bonchev–Trinajstić information content (AvgIpc) is 3.01. The van der Waals surface area contributed by atoms with Crippen molar-refractivity contribution in [3.8, 4) is 0 Å². The Labute approximate surface area is 180 Å². The van der Waals surface area contributed by atoms with Crippen LogP contribution >= 0.6 is 22.9 Å². The fraction of sp³-hybridized carbons (Fsp3) is 0.667. The summed E-state index contributed by atoms with van der Waals surface area (Å²) < 4.78 is 32.2. The molecular formula is C18H26ClN5O3S2. The molecule has 0 bridgehead atoms. The summed E-state index contributed by atoms with van der Waals surface area (Å²) in [7, 11) is -3.21. The molecule has 0 N–H and O–H groups in total. The number of hydrogen-bond acceptors (Lipinski definition) is 8. The van der Waals surface area contributed by atoms with Crippen molar-refractivity contribution in [1.29, 1.82) is 0 Å². The van der Waals surface area contributed by atoms with Gasteiger partial charge in [-0.1, -0.05) is 0 Å². The van der Waals surface area contributed by atoms with Crippen molar-refractivity contribution >= 4 is 49.0 Å². The molecule has 160 valence electrons. The lowest BCUT2D eigenvalue weighted by molar-refractivity contribution is 0.0778. The Morgan fingerprint density at radius 1 is 1.21 bits per heavy atom. The zero-order valence-corrected chi connectivity index (χ0v) is 19.3. The molecule has 2 aromatic rings. The summed E-state index contributed by atoms with van der Waals surface area (Å²) in [5.41, 5.74) is 0.422. The van der Waals surface area contributed by atoms with Gasteiger partial charge in [0.1, 0.15) is 0 Å². The van der Waals surface area contributed by atoms with Crippen LogP contribution in [-0.2, 0) is 21.3 Å². The van der Waals surface area contributed by atoms with E-state index in [1.807, 2.05) is 13.8 Å². The molecule has 0 atom stereocenters. The van der Waals surface area contributed by atoms with Gasteiger partial charge in [-0.25, -0.2) is 13.4 Å². The van der Waals surface area contributed by atoms with Crippen LogP contribution < -0.4 is 4.90 Å². The van der Waals surface area contributed by atoms with E-state index in [4.69, 9.17) is 16.3 Å². The minimum Gasteiger partial charge on any atom is -0.378 e. The first kappa shape index (κ1) is 21.2. The molecule has 0 unspecified atom stereocenters. The van der Waals surface area contributed by atoms with Crippen LogP contribution in [-0.4, -0.2) is 85.3 Å². The van der Waals surface area contributed by atoms with E-state index in [9.17, 15) is 8.42 Å². The molecule has 0 aromatic carbocycles. The van der Waals surface area contributed by atoms with Crippen molar-refractivity contribution in [2.75, 3.05) is 57.1 Å². The summed E-state index contributed by atoms with van der Waals surface area (Å²) in [6.07, 6.45) is 1.28. The number of aromatic nitrogens is 2. The zero-order valence-electron chi connectivity index (χ0n) is 16.9. The molecular weight excluding hydrogens is 434 g/mol. The van der Waals surface area contributed by atoms with Gasteiger partial charge in [0.15, 0.2) is 5.82 Å². The highest BCUT2D eigenvalue weighted by Gasteiger charge is 2.39. The van der Waals surface area contributed by atoms with Gasteiger partial charge in [0, 0.05) is 49.7 Å². The highest BCUT2D eigenvalue weighted by molar-refractivity contribution is 7.88. The maximum Gasteiger partial charge on any atom is 0.224 e. The van der Waals surface area contributed by atoms with Crippen molar-refractivity contribution in [2.45, 2.75) is 25.9 Å². The van der Waals surface area contributed by atoms with Gasteiger partial charge in [0.05, 0.1) is 29.7 Å². The van der Waals surface area contributed by atoms with E-state index in [0.717, 1.165) is 35.7 Å². The molecule has 2 aliphatic rings. The van der Waals surface area contributed by atoms with Crippen LogP contribution in [0.5, 0.6) is 0 Å². The van der Waals surface area contributed by atoms with Gasteiger partial charge in [0.25, 0.3) is 0 Å². The molecule has 0 amide bonds. The molecule has 29 heavy (non-hydrogen) atoms. The summed E-state index contributed by atoms with van der Waals surface area (Å²) in [5, 5.41) is 0.256. The molecule has 8 nitrogen and oxygen atoms in total. The van der Waals surface area contributed by atoms with Gasteiger partial charge in [-0.3, -0.25) is 4.90 Å². The Morgan fingerprint density at radius 3 is 2.59 bits per heavy atom. The minimum atomic E-state index is -3.21. The second-order valence-electron chi connectivity index (χ2n) is 8.20. The van der Waals surface area contributed by atoms with Gasteiger partial charge in [-0.2, -0.15) is 9.29 Å². The van der Waals surface area contributed by atoms with E-state index in [1.54, 1.807) is 15.6 Å².